The maximum Gasteiger partial charge on any atom is 0.309 e. The molecule has 0 saturated heterocycles. The highest BCUT2D eigenvalue weighted by atomic mass is 16.5. The minimum absolute atomic E-state index is 0.0359. The van der Waals surface area contributed by atoms with Crippen LogP contribution in [0.2, 0.25) is 0 Å². The maximum absolute atomic E-state index is 11.7. The number of likely N-dealkylation sites (N-methyl/N-ethyl adjacent to an activating group) is 1. The van der Waals surface area contributed by atoms with E-state index in [-0.39, 0.29) is 37.1 Å². The van der Waals surface area contributed by atoms with Crippen LogP contribution in [0.1, 0.15) is 51.9 Å². The van der Waals surface area contributed by atoms with E-state index in [0.717, 1.165) is 32.1 Å². The molecule has 1 N–H and O–H groups in total. The Bertz CT molecular complexity index is 715. The molecule has 0 aromatic rings. The number of aliphatic hydroxyl groups excluding tert-OH is 1. The summed E-state index contributed by atoms with van der Waals surface area (Å²) in [4.78, 5) is 22.9. The second-order valence-corrected chi connectivity index (χ2v) is 9.06. The monoisotopic (exact) mass is 491 g/mol. The Kier molecular flexibility index (Phi) is 19.4. The highest BCUT2D eigenvalue weighted by Gasteiger charge is 2.24. The SMILES string of the molecule is CC/C=C\C/C=C\C/C=C\C/C=C\C/C=C\CC(=O)OCC(O)COCCC(C(=O)[O-])[N+](C)(C)C. The number of nitrogens with zero attached hydrogens (tertiary/aromatic N) is 1. The van der Waals surface area contributed by atoms with Gasteiger partial charge in [0.25, 0.3) is 0 Å². The molecule has 0 aliphatic heterocycles. The van der Waals surface area contributed by atoms with E-state index >= 15 is 0 Å². The molecule has 0 saturated carbocycles. The van der Waals surface area contributed by atoms with Gasteiger partial charge in [-0.15, -0.1) is 0 Å². The van der Waals surface area contributed by atoms with E-state index in [1.54, 1.807) is 27.2 Å². The summed E-state index contributed by atoms with van der Waals surface area (Å²) in [6, 6.07) is -0.701. The zero-order valence-electron chi connectivity index (χ0n) is 21.9. The lowest BCUT2D eigenvalue weighted by molar-refractivity contribution is -0.889. The molecule has 0 bridgehead atoms. The zero-order valence-corrected chi connectivity index (χ0v) is 21.9. The lowest BCUT2D eigenvalue weighted by Gasteiger charge is -2.34. The Morgan fingerprint density at radius 2 is 1.31 bits per heavy atom. The molecule has 0 fully saturated rings. The minimum Gasteiger partial charge on any atom is -0.544 e. The topological polar surface area (TPSA) is 95.9 Å². The molecule has 0 aliphatic carbocycles. The number of carbonyl (C=O) groups is 2. The Morgan fingerprint density at radius 1 is 0.829 bits per heavy atom. The highest BCUT2D eigenvalue weighted by molar-refractivity contribution is 5.71. The summed E-state index contributed by atoms with van der Waals surface area (Å²) in [6.45, 7) is 2.09. The van der Waals surface area contributed by atoms with E-state index in [2.05, 4.69) is 49.5 Å². The van der Waals surface area contributed by atoms with Crippen molar-refractivity contribution >= 4 is 11.9 Å². The average Bonchev–Trinajstić information content (AvgIpc) is 2.79. The first kappa shape index (κ1) is 32.5. The fourth-order valence-corrected chi connectivity index (χ4v) is 2.96. The Balaban J connectivity index is 3.83. The molecule has 0 rings (SSSR count). The summed E-state index contributed by atoms with van der Waals surface area (Å²) in [6.07, 6.45) is 24.8. The van der Waals surface area contributed by atoms with Crippen molar-refractivity contribution in [2.75, 3.05) is 41.0 Å². The van der Waals surface area contributed by atoms with Gasteiger partial charge in [-0.3, -0.25) is 4.79 Å². The normalized spacial score (nSPS) is 14.7. The molecule has 0 aliphatic rings. The molecule has 2 unspecified atom stereocenters. The number of esters is 1. The number of aliphatic hydroxyl groups is 1. The van der Waals surface area contributed by atoms with E-state index in [1.165, 1.54) is 0 Å². The highest BCUT2D eigenvalue weighted by Crippen LogP contribution is 2.07. The molecular weight excluding hydrogens is 446 g/mol. The predicted molar refractivity (Wildman–Crippen MR) is 138 cm³/mol. The number of aliphatic carboxylic acids is 1. The van der Waals surface area contributed by atoms with Crippen LogP contribution in [0.3, 0.4) is 0 Å². The number of carboxylic acid groups (broad SMARTS) is 1. The van der Waals surface area contributed by atoms with Crippen LogP contribution in [-0.2, 0) is 19.1 Å². The molecule has 0 heterocycles. The standard InChI is InChI=1S/C28H45NO6/c1-5-6-7-8-9-10-11-12-13-14-15-16-17-18-19-20-27(31)35-24-25(30)23-34-22-21-26(28(32)33)29(2,3)4/h6-7,9-10,12-13,15-16,18-19,25-26,30H,5,8,11,14,17,20-24H2,1-4H3/b7-6-,10-9-,13-12-,16-15-,19-18-. The molecule has 2 atom stereocenters. The first-order valence-electron chi connectivity index (χ1n) is 12.4. The van der Waals surface area contributed by atoms with E-state index in [0.29, 0.717) is 0 Å². The van der Waals surface area contributed by atoms with Crippen molar-refractivity contribution in [2.24, 2.45) is 0 Å². The van der Waals surface area contributed by atoms with Crippen LogP contribution >= 0.6 is 0 Å². The van der Waals surface area contributed by atoms with Crippen molar-refractivity contribution in [2.45, 2.75) is 64.0 Å². The van der Waals surface area contributed by atoms with Crippen LogP contribution in [0.4, 0.5) is 0 Å². The first-order chi connectivity index (χ1) is 16.7. The van der Waals surface area contributed by atoms with E-state index in [4.69, 9.17) is 9.47 Å². The van der Waals surface area contributed by atoms with Gasteiger partial charge in [0.05, 0.1) is 46.7 Å². The lowest BCUT2D eigenvalue weighted by atomic mass is 10.1. The molecule has 0 aromatic heterocycles. The largest absolute Gasteiger partial charge is 0.544 e. The summed E-state index contributed by atoms with van der Waals surface area (Å²) in [7, 11) is 5.31. The number of rotatable bonds is 20. The van der Waals surface area contributed by atoms with Gasteiger partial charge in [0, 0.05) is 6.42 Å². The van der Waals surface area contributed by atoms with E-state index in [1.807, 2.05) is 12.2 Å². The molecule has 7 heteroatoms. The average molecular weight is 492 g/mol. The van der Waals surface area contributed by atoms with Gasteiger partial charge in [-0.05, 0) is 32.1 Å². The second-order valence-electron chi connectivity index (χ2n) is 9.06. The van der Waals surface area contributed by atoms with Gasteiger partial charge in [-0.2, -0.15) is 0 Å². The number of carboxylic acids is 1. The predicted octanol–water partition coefficient (Wildman–Crippen LogP) is 3.26. The van der Waals surface area contributed by atoms with Gasteiger partial charge < -0.3 is 29.0 Å². The molecule has 0 spiro atoms. The molecular formula is C28H45NO6. The fourth-order valence-electron chi connectivity index (χ4n) is 2.96. The van der Waals surface area contributed by atoms with Gasteiger partial charge >= 0.3 is 5.97 Å². The van der Waals surface area contributed by atoms with Gasteiger partial charge in [0.15, 0.2) is 0 Å². The molecule has 0 amide bonds. The van der Waals surface area contributed by atoms with Crippen LogP contribution in [0, 0.1) is 0 Å². The van der Waals surface area contributed by atoms with Gasteiger partial charge in [0.1, 0.15) is 18.8 Å². The Morgan fingerprint density at radius 3 is 1.77 bits per heavy atom. The van der Waals surface area contributed by atoms with Gasteiger partial charge in [-0.1, -0.05) is 67.7 Å². The Labute approximate surface area is 211 Å². The molecule has 198 valence electrons. The number of carbonyl (C=O) groups excluding carboxylic acids is 2. The number of ether oxygens (including phenoxy) is 2. The third kappa shape index (κ3) is 20.6. The van der Waals surface area contributed by atoms with Crippen LogP contribution in [-0.4, -0.2) is 74.6 Å². The quantitative estimate of drug-likeness (QED) is 0.122. The zero-order chi connectivity index (χ0) is 26.4. The molecule has 0 radical (unpaired) electrons. The molecule has 0 aromatic carbocycles. The summed E-state index contributed by atoms with van der Waals surface area (Å²) in [5.41, 5.74) is 0. The van der Waals surface area contributed by atoms with Crippen molar-refractivity contribution in [1.82, 2.24) is 0 Å². The summed E-state index contributed by atoms with van der Waals surface area (Å²) < 4.78 is 10.6. The van der Waals surface area contributed by atoms with Crippen LogP contribution < -0.4 is 5.11 Å². The summed E-state index contributed by atoms with van der Waals surface area (Å²) >= 11 is 0. The van der Waals surface area contributed by atoms with Gasteiger partial charge in [0.2, 0.25) is 0 Å². The maximum atomic E-state index is 11.7. The number of allylic oxidation sites excluding steroid dienone is 9. The van der Waals surface area contributed by atoms with Crippen molar-refractivity contribution in [3.05, 3.63) is 60.8 Å². The second kappa shape index (κ2) is 20.9. The fraction of sp³-hybridized carbons (Fsp3) is 0.571. The Hall–Kier alpha value is -2.48. The van der Waals surface area contributed by atoms with Crippen LogP contribution in [0.25, 0.3) is 0 Å². The van der Waals surface area contributed by atoms with Gasteiger partial charge in [-0.25, -0.2) is 0 Å². The van der Waals surface area contributed by atoms with Crippen LogP contribution in [0.15, 0.2) is 60.8 Å². The number of hydrogen-bond donors (Lipinski definition) is 1. The third-order valence-corrected chi connectivity index (χ3v) is 4.93. The van der Waals surface area contributed by atoms with Crippen molar-refractivity contribution in [3.63, 3.8) is 0 Å². The summed E-state index contributed by atoms with van der Waals surface area (Å²) in [5, 5.41) is 21.1. The van der Waals surface area contributed by atoms with Crippen molar-refractivity contribution in [1.29, 1.82) is 0 Å². The number of hydrogen-bond acceptors (Lipinski definition) is 6. The van der Waals surface area contributed by atoms with Crippen LogP contribution in [0.5, 0.6) is 0 Å². The molecule has 35 heavy (non-hydrogen) atoms. The minimum atomic E-state index is -1.13. The number of quaternary nitrogens is 1. The summed E-state index contributed by atoms with van der Waals surface area (Å²) in [5.74, 6) is -1.56. The molecule has 7 nitrogen and oxygen atoms in total. The lowest BCUT2D eigenvalue weighted by Crippen LogP contribution is -2.55. The van der Waals surface area contributed by atoms with E-state index in [9.17, 15) is 19.8 Å². The van der Waals surface area contributed by atoms with E-state index < -0.39 is 24.1 Å². The van der Waals surface area contributed by atoms with Crippen molar-refractivity contribution in [3.8, 4) is 0 Å². The smallest absolute Gasteiger partial charge is 0.309 e. The third-order valence-electron chi connectivity index (χ3n) is 4.93. The van der Waals surface area contributed by atoms with Crippen molar-refractivity contribution < 1.29 is 33.8 Å². The first-order valence-corrected chi connectivity index (χ1v) is 12.4.